The van der Waals surface area contributed by atoms with E-state index in [1.54, 1.807) is 12.1 Å². The highest BCUT2D eigenvalue weighted by Gasteiger charge is 2.15. The second-order valence-corrected chi connectivity index (χ2v) is 5.10. The van der Waals surface area contributed by atoms with E-state index in [-0.39, 0.29) is 12.2 Å². The fourth-order valence-corrected chi connectivity index (χ4v) is 2.30. The smallest absolute Gasteiger partial charge is 0.307 e. The quantitative estimate of drug-likeness (QED) is 0.874. The molecule has 3 nitrogen and oxygen atoms in total. The number of aliphatic carboxylic acids is 1. The molecule has 0 bridgehead atoms. The van der Waals surface area contributed by atoms with Crippen LogP contribution in [0.4, 0.5) is 10.1 Å². The van der Waals surface area contributed by atoms with Gasteiger partial charge in [-0.2, -0.15) is 0 Å². The Hall–Kier alpha value is -2.10. The van der Waals surface area contributed by atoms with Crippen LogP contribution >= 0.6 is 0 Å². The molecule has 0 spiro atoms. The highest BCUT2D eigenvalue weighted by atomic mass is 19.1. The zero-order valence-electron chi connectivity index (χ0n) is 11.7. The van der Waals surface area contributed by atoms with E-state index in [0.29, 0.717) is 23.4 Å². The molecular weight excluding hydrogens is 257 g/mol. The summed E-state index contributed by atoms with van der Waals surface area (Å²) >= 11 is 0. The standard InChI is InChI=1S/C16H18FNO2/c1-10-6-7-14(12(8-10)9-15(19)20)18-16-11(2)4-3-5-13(16)17/h5-8,18H,3-4,9H2,1-2H3,(H,19,20). The third-order valence-electron chi connectivity index (χ3n) is 3.37. The zero-order valence-corrected chi connectivity index (χ0v) is 11.7. The number of carbonyl (C=O) groups is 1. The first-order valence-electron chi connectivity index (χ1n) is 6.61. The molecule has 1 aromatic carbocycles. The summed E-state index contributed by atoms with van der Waals surface area (Å²) in [5.74, 6) is -1.17. The molecule has 0 aromatic heterocycles. The van der Waals surface area contributed by atoms with Crippen LogP contribution in [0.3, 0.4) is 0 Å². The predicted molar refractivity (Wildman–Crippen MR) is 77.3 cm³/mol. The number of carboxylic acids is 1. The Morgan fingerprint density at radius 3 is 2.80 bits per heavy atom. The Balaban J connectivity index is 2.33. The predicted octanol–water partition coefficient (Wildman–Crippen LogP) is 3.96. The minimum Gasteiger partial charge on any atom is -0.481 e. The first-order chi connectivity index (χ1) is 9.47. The van der Waals surface area contributed by atoms with Crippen molar-refractivity contribution in [3.05, 3.63) is 52.5 Å². The summed E-state index contributed by atoms with van der Waals surface area (Å²) in [6, 6.07) is 5.50. The molecule has 4 heteroatoms. The molecule has 2 N–H and O–H groups in total. The highest BCUT2D eigenvalue weighted by molar-refractivity contribution is 5.74. The van der Waals surface area contributed by atoms with E-state index in [9.17, 15) is 9.18 Å². The maximum Gasteiger partial charge on any atom is 0.307 e. The average molecular weight is 275 g/mol. The molecule has 1 aromatic rings. The van der Waals surface area contributed by atoms with Crippen LogP contribution in [0.5, 0.6) is 0 Å². The van der Waals surface area contributed by atoms with Gasteiger partial charge in [-0.15, -0.1) is 0 Å². The minimum atomic E-state index is -0.899. The number of carboxylic acid groups (broad SMARTS) is 1. The van der Waals surface area contributed by atoms with Crippen molar-refractivity contribution in [2.24, 2.45) is 0 Å². The van der Waals surface area contributed by atoms with Gasteiger partial charge < -0.3 is 10.4 Å². The van der Waals surface area contributed by atoms with E-state index in [2.05, 4.69) is 5.32 Å². The van der Waals surface area contributed by atoms with Crippen LogP contribution in [0.15, 0.2) is 41.4 Å². The first-order valence-corrected chi connectivity index (χ1v) is 6.61. The third kappa shape index (κ3) is 3.26. The van der Waals surface area contributed by atoms with Gasteiger partial charge in [-0.25, -0.2) is 4.39 Å². The number of nitrogens with one attached hydrogen (secondary N) is 1. The lowest BCUT2D eigenvalue weighted by Crippen LogP contribution is -2.10. The van der Waals surface area contributed by atoms with E-state index >= 15 is 0 Å². The van der Waals surface area contributed by atoms with E-state index in [1.165, 1.54) is 0 Å². The van der Waals surface area contributed by atoms with Crippen molar-refractivity contribution < 1.29 is 14.3 Å². The summed E-state index contributed by atoms with van der Waals surface area (Å²) in [7, 11) is 0. The van der Waals surface area contributed by atoms with Gasteiger partial charge in [0.15, 0.2) is 0 Å². The number of hydrogen-bond donors (Lipinski definition) is 2. The summed E-state index contributed by atoms with van der Waals surface area (Å²) in [5, 5.41) is 12.0. The van der Waals surface area contributed by atoms with E-state index in [1.807, 2.05) is 26.0 Å². The molecule has 20 heavy (non-hydrogen) atoms. The van der Waals surface area contributed by atoms with Gasteiger partial charge in [0, 0.05) is 5.69 Å². The van der Waals surface area contributed by atoms with E-state index < -0.39 is 5.97 Å². The molecule has 0 atom stereocenters. The molecule has 0 amide bonds. The van der Waals surface area contributed by atoms with Crippen LogP contribution in [-0.4, -0.2) is 11.1 Å². The fraction of sp³-hybridized carbons (Fsp3) is 0.312. The number of rotatable bonds is 4. The number of halogens is 1. The van der Waals surface area contributed by atoms with Crippen LogP contribution in [-0.2, 0) is 11.2 Å². The first kappa shape index (κ1) is 14.3. The molecular formula is C16H18FNO2. The van der Waals surface area contributed by atoms with Crippen molar-refractivity contribution in [1.29, 1.82) is 0 Å². The number of anilines is 1. The van der Waals surface area contributed by atoms with Crippen LogP contribution in [0, 0.1) is 6.92 Å². The fourth-order valence-electron chi connectivity index (χ4n) is 2.30. The molecule has 1 aliphatic carbocycles. The van der Waals surface area contributed by atoms with Gasteiger partial charge in [0.2, 0.25) is 0 Å². The van der Waals surface area contributed by atoms with Crippen LogP contribution in [0.25, 0.3) is 0 Å². The molecule has 0 aliphatic heterocycles. The summed E-state index contributed by atoms with van der Waals surface area (Å²) in [5.41, 5.74) is 3.71. The lowest BCUT2D eigenvalue weighted by Gasteiger charge is -2.19. The molecule has 0 saturated carbocycles. The Labute approximate surface area is 117 Å². The van der Waals surface area contributed by atoms with Gasteiger partial charge in [-0.3, -0.25) is 4.79 Å². The van der Waals surface area contributed by atoms with Gasteiger partial charge in [0.1, 0.15) is 5.83 Å². The molecule has 0 heterocycles. The van der Waals surface area contributed by atoms with Crippen molar-refractivity contribution in [1.82, 2.24) is 0 Å². The third-order valence-corrected chi connectivity index (χ3v) is 3.37. The van der Waals surface area contributed by atoms with Crippen molar-refractivity contribution in [2.75, 3.05) is 5.32 Å². The number of benzene rings is 1. The molecule has 0 fully saturated rings. The second-order valence-electron chi connectivity index (χ2n) is 5.10. The van der Waals surface area contributed by atoms with Gasteiger partial charge in [0.25, 0.3) is 0 Å². The minimum absolute atomic E-state index is 0.0817. The summed E-state index contributed by atoms with van der Waals surface area (Å²) in [4.78, 5) is 10.9. The lowest BCUT2D eigenvalue weighted by atomic mass is 10.0. The monoisotopic (exact) mass is 275 g/mol. The van der Waals surface area contributed by atoms with E-state index in [4.69, 9.17) is 5.11 Å². The zero-order chi connectivity index (χ0) is 14.7. The average Bonchev–Trinajstić information content (AvgIpc) is 2.35. The van der Waals surface area contributed by atoms with Crippen LogP contribution < -0.4 is 5.32 Å². The van der Waals surface area contributed by atoms with Crippen molar-refractivity contribution >= 4 is 11.7 Å². The summed E-state index contributed by atoms with van der Waals surface area (Å²) < 4.78 is 13.9. The van der Waals surface area contributed by atoms with Crippen molar-refractivity contribution in [3.63, 3.8) is 0 Å². The molecule has 106 valence electrons. The van der Waals surface area contributed by atoms with E-state index in [0.717, 1.165) is 17.6 Å². The maximum absolute atomic E-state index is 13.9. The lowest BCUT2D eigenvalue weighted by molar-refractivity contribution is -0.136. The molecule has 1 aliphatic rings. The Morgan fingerprint density at radius 2 is 2.15 bits per heavy atom. The Morgan fingerprint density at radius 1 is 1.40 bits per heavy atom. The molecule has 0 unspecified atom stereocenters. The second kappa shape index (κ2) is 5.90. The van der Waals surface area contributed by atoms with Crippen LogP contribution in [0.2, 0.25) is 0 Å². The van der Waals surface area contributed by atoms with Crippen LogP contribution in [0.1, 0.15) is 30.9 Å². The molecule has 0 radical (unpaired) electrons. The number of allylic oxidation sites excluding steroid dienone is 3. The van der Waals surface area contributed by atoms with Gasteiger partial charge in [-0.05, 0) is 50.0 Å². The van der Waals surface area contributed by atoms with Gasteiger partial charge in [0.05, 0.1) is 12.1 Å². The Bertz CT molecular complexity index is 602. The number of aryl methyl sites for hydroxylation is 1. The highest BCUT2D eigenvalue weighted by Crippen LogP contribution is 2.29. The maximum atomic E-state index is 13.9. The summed E-state index contributed by atoms with van der Waals surface area (Å²) in [6.07, 6.45) is 3.00. The SMILES string of the molecule is CC1=C(Nc2ccc(C)cc2CC(=O)O)C(F)=CCC1. The topological polar surface area (TPSA) is 49.3 Å². The molecule has 2 rings (SSSR count). The van der Waals surface area contributed by atoms with Crippen molar-refractivity contribution in [2.45, 2.75) is 33.1 Å². The largest absolute Gasteiger partial charge is 0.481 e. The summed E-state index contributed by atoms with van der Waals surface area (Å²) in [6.45, 7) is 3.79. The van der Waals surface area contributed by atoms with Gasteiger partial charge >= 0.3 is 5.97 Å². The van der Waals surface area contributed by atoms with Crippen molar-refractivity contribution in [3.8, 4) is 0 Å². The van der Waals surface area contributed by atoms with Gasteiger partial charge in [-0.1, -0.05) is 17.7 Å². The number of hydrogen-bond acceptors (Lipinski definition) is 2. The normalized spacial score (nSPS) is 15.1. The molecule has 0 saturated heterocycles. The Kier molecular flexibility index (Phi) is 4.23.